The van der Waals surface area contributed by atoms with E-state index in [0.29, 0.717) is 6.07 Å². The maximum atomic E-state index is 14.9. The van der Waals surface area contributed by atoms with Gasteiger partial charge in [-0.15, -0.1) is 0 Å². The second kappa shape index (κ2) is 12.1. The number of alkyl halides is 6. The molecule has 1 aliphatic rings. The molecular formula is C30H22F9N5O2. The number of carbonyl (C=O) groups is 2. The predicted octanol–water partition coefficient (Wildman–Crippen LogP) is 6.48. The molecule has 0 saturated carbocycles. The first kappa shape index (κ1) is 32.5. The zero-order valence-electron chi connectivity index (χ0n) is 23.3. The molecule has 2 aromatic carbocycles. The number of amides is 2. The van der Waals surface area contributed by atoms with E-state index < -0.39 is 95.5 Å². The summed E-state index contributed by atoms with van der Waals surface area (Å²) in [5.41, 5.74) is 0.319. The predicted molar refractivity (Wildman–Crippen MR) is 143 cm³/mol. The second-order valence-corrected chi connectivity index (χ2v) is 10.6. The van der Waals surface area contributed by atoms with Gasteiger partial charge in [-0.05, 0) is 47.9 Å². The third-order valence-electron chi connectivity index (χ3n) is 7.35. The van der Waals surface area contributed by atoms with Crippen LogP contribution in [-0.4, -0.2) is 26.6 Å². The summed E-state index contributed by atoms with van der Waals surface area (Å²) in [6.07, 6.45) is -5.59. The molecule has 0 fully saturated rings. The lowest BCUT2D eigenvalue weighted by molar-refractivity contribution is -0.123. The third kappa shape index (κ3) is 6.41. The minimum atomic E-state index is -4.07. The number of nitrogens with one attached hydrogen (secondary N) is 1. The van der Waals surface area contributed by atoms with Crippen LogP contribution >= 0.6 is 0 Å². The van der Waals surface area contributed by atoms with Crippen LogP contribution < -0.4 is 11.1 Å². The maximum Gasteiger partial charge on any atom is 0.290 e. The zero-order chi connectivity index (χ0) is 33.6. The maximum absolute atomic E-state index is 14.9. The van der Waals surface area contributed by atoms with E-state index in [-0.39, 0.29) is 33.5 Å². The van der Waals surface area contributed by atoms with E-state index in [4.69, 9.17) is 5.73 Å². The normalized spacial score (nSPS) is 15.8. The lowest BCUT2D eigenvalue weighted by atomic mass is 9.89. The number of benzene rings is 2. The highest BCUT2D eigenvalue weighted by Crippen LogP contribution is 2.52. The van der Waals surface area contributed by atoms with Gasteiger partial charge in [0, 0.05) is 30.7 Å². The van der Waals surface area contributed by atoms with Crippen LogP contribution in [0.4, 0.5) is 39.5 Å². The number of hydrogen-bond donors (Lipinski definition) is 2. The lowest BCUT2D eigenvalue weighted by Crippen LogP contribution is -2.37. The molecule has 0 spiro atoms. The molecule has 0 saturated heterocycles. The quantitative estimate of drug-likeness (QED) is 0.202. The van der Waals surface area contributed by atoms with Crippen LogP contribution in [0.25, 0.3) is 11.1 Å². The van der Waals surface area contributed by atoms with E-state index in [1.807, 2.05) is 0 Å². The summed E-state index contributed by atoms with van der Waals surface area (Å²) in [5.74, 6) is -13.3. The van der Waals surface area contributed by atoms with Crippen molar-refractivity contribution in [1.29, 1.82) is 0 Å². The number of fused-ring (bicyclic) bond motifs is 1. The molecule has 1 unspecified atom stereocenters. The second-order valence-electron chi connectivity index (χ2n) is 10.6. The van der Waals surface area contributed by atoms with Gasteiger partial charge in [-0.25, -0.2) is 30.7 Å². The summed E-state index contributed by atoms with van der Waals surface area (Å²) in [6, 6.07) is 7.32. The van der Waals surface area contributed by atoms with Crippen molar-refractivity contribution in [2.24, 2.45) is 5.73 Å². The SMILES string of the molecule is NC(=O)c1cc(-c2cccnc2C(Cc2cc(F)cc(F)c2)NC(=O)Cn2nc(C(F)F)c3c2C(F)(F)CCC3(F)F)ccc1F. The first-order valence-electron chi connectivity index (χ1n) is 13.5. The summed E-state index contributed by atoms with van der Waals surface area (Å²) in [6.45, 7) is -1.22. The molecule has 2 heterocycles. The Balaban J connectivity index is 1.57. The van der Waals surface area contributed by atoms with Gasteiger partial charge in [0.25, 0.3) is 24.2 Å². The zero-order valence-corrected chi connectivity index (χ0v) is 23.3. The Morgan fingerprint density at radius 3 is 2.26 bits per heavy atom. The van der Waals surface area contributed by atoms with Crippen LogP contribution in [0, 0.1) is 17.5 Å². The molecule has 7 nitrogen and oxygen atoms in total. The summed E-state index contributed by atoms with van der Waals surface area (Å²) < 4.78 is 129. The van der Waals surface area contributed by atoms with Gasteiger partial charge in [-0.2, -0.15) is 13.9 Å². The molecule has 0 bridgehead atoms. The molecule has 46 heavy (non-hydrogen) atoms. The first-order valence-corrected chi connectivity index (χ1v) is 13.5. The number of aromatic nitrogens is 3. The van der Waals surface area contributed by atoms with Crippen molar-refractivity contribution in [2.45, 2.75) is 50.1 Å². The average Bonchev–Trinajstić information content (AvgIpc) is 3.37. The van der Waals surface area contributed by atoms with Crippen LogP contribution in [-0.2, 0) is 29.6 Å². The number of primary amides is 1. The molecule has 0 radical (unpaired) electrons. The number of carbonyl (C=O) groups excluding carboxylic acids is 2. The molecular weight excluding hydrogens is 633 g/mol. The Kier molecular flexibility index (Phi) is 8.57. The van der Waals surface area contributed by atoms with Crippen LogP contribution in [0.1, 0.15) is 63.9 Å². The summed E-state index contributed by atoms with van der Waals surface area (Å²) >= 11 is 0. The Bertz CT molecular complexity index is 1810. The minimum Gasteiger partial charge on any atom is -0.366 e. The van der Waals surface area contributed by atoms with Crippen molar-refractivity contribution in [3.8, 4) is 11.1 Å². The monoisotopic (exact) mass is 655 g/mol. The summed E-state index contributed by atoms with van der Waals surface area (Å²) in [7, 11) is 0. The van der Waals surface area contributed by atoms with Crippen molar-refractivity contribution in [2.75, 3.05) is 0 Å². The number of halogens is 9. The molecule has 0 aliphatic heterocycles. The number of nitrogens with two attached hydrogens (primary N) is 1. The average molecular weight is 656 g/mol. The van der Waals surface area contributed by atoms with Crippen molar-refractivity contribution in [3.63, 3.8) is 0 Å². The highest BCUT2D eigenvalue weighted by atomic mass is 19.3. The van der Waals surface area contributed by atoms with Gasteiger partial charge in [0.05, 0.1) is 22.9 Å². The fourth-order valence-electron chi connectivity index (χ4n) is 5.41. The highest BCUT2D eigenvalue weighted by molar-refractivity contribution is 5.94. The highest BCUT2D eigenvalue weighted by Gasteiger charge is 2.55. The van der Waals surface area contributed by atoms with E-state index >= 15 is 0 Å². The van der Waals surface area contributed by atoms with E-state index in [9.17, 15) is 49.1 Å². The Morgan fingerprint density at radius 2 is 1.61 bits per heavy atom. The molecule has 2 amide bonds. The van der Waals surface area contributed by atoms with E-state index in [0.717, 1.165) is 24.3 Å². The van der Waals surface area contributed by atoms with Crippen LogP contribution in [0.3, 0.4) is 0 Å². The first-order chi connectivity index (χ1) is 21.6. The largest absolute Gasteiger partial charge is 0.366 e. The van der Waals surface area contributed by atoms with Crippen LogP contribution in [0.5, 0.6) is 0 Å². The number of rotatable bonds is 9. The van der Waals surface area contributed by atoms with Crippen LogP contribution in [0.2, 0.25) is 0 Å². The number of hydrogen-bond acceptors (Lipinski definition) is 4. The third-order valence-corrected chi connectivity index (χ3v) is 7.35. The smallest absolute Gasteiger partial charge is 0.290 e. The standard InChI is InChI=1S/C30H22F9N5O2/c31-16-8-14(9-17(32)12-16)10-21(24-18(2-1-7-41-24)15-3-4-20(33)19(11-15)28(40)46)42-22(45)13-44-26-23(25(43-44)27(34)35)29(36,37)5-6-30(26,38)39/h1-4,7-9,11-12,21,27H,5-6,10,13H2,(H2,40,46)(H,42,45). The van der Waals surface area contributed by atoms with Gasteiger partial charge in [-0.3, -0.25) is 19.3 Å². The van der Waals surface area contributed by atoms with Crippen molar-refractivity contribution in [3.05, 3.63) is 106 Å². The van der Waals surface area contributed by atoms with Crippen molar-refractivity contribution < 1.29 is 49.1 Å². The van der Waals surface area contributed by atoms with Crippen LogP contribution in [0.15, 0.2) is 54.7 Å². The molecule has 3 N–H and O–H groups in total. The summed E-state index contributed by atoms with van der Waals surface area (Å²) in [4.78, 5) is 29.3. The minimum absolute atomic E-state index is 0.0148. The Morgan fingerprint density at radius 1 is 0.935 bits per heavy atom. The van der Waals surface area contributed by atoms with Crippen molar-refractivity contribution >= 4 is 11.8 Å². The molecule has 4 aromatic rings. The van der Waals surface area contributed by atoms with Crippen molar-refractivity contribution in [1.82, 2.24) is 20.1 Å². The van der Waals surface area contributed by atoms with Gasteiger partial charge in [-0.1, -0.05) is 12.1 Å². The number of pyridine rings is 1. The van der Waals surface area contributed by atoms with Gasteiger partial charge < -0.3 is 11.1 Å². The van der Waals surface area contributed by atoms with E-state index in [1.165, 1.54) is 24.4 Å². The fourth-order valence-corrected chi connectivity index (χ4v) is 5.41. The van der Waals surface area contributed by atoms with Gasteiger partial charge in [0.15, 0.2) is 0 Å². The molecule has 1 aliphatic carbocycles. The fraction of sp³-hybridized carbons (Fsp3) is 0.267. The van der Waals surface area contributed by atoms with E-state index in [2.05, 4.69) is 15.4 Å². The molecule has 5 rings (SSSR count). The topological polar surface area (TPSA) is 103 Å². The van der Waals surface area contributed by atoms with Gasteiger partial charge in [0.2, 0.25) is 5.91 Å². The molecule has 1 atom stereocenters. The van der Waals surface area contributed by atoms with E-state index in [1.54, 1.807) is 0 Å². The lowest BCUT2D eigenvalue weighted by Gasteiger charge is -2.29. The Labute approximate surface area is 254 Å². The number of nitrogens with zero attached hydrogens (tertiary/aromatic N) is 3. The van der Waals surface area contributed by atoms with Gasteiger partial charge >= 0.3 is 0 Å². The van der Waals surface area contributed by atoms with Gasteiger partial charge in [0.1, 0.15) is 35.4 Å². The molecule has 2 aromatic heterocycles. The molecule has 16 heteroatoms. The molecule has 242 valence electrons. The Hall–Kier alpha value is -4.89. The summed E-state index contributed by atoms with van der Waals surface area (Å²) in [5, 5.41) is 5.69.